The maximum Gasteiger partial charge on any atom is 0.319 e. The molecule has 0 aliphatic heterocycles. The Morgan fingerprint density at radius 3 is 2.80 bits per heavy atom. The fourth-order valence-corrected chi connectivity index (χ4v) is 1.93. The lowest BCUT2D eigenvalue weighted by molar-refractivity contribution is -0.139. The molecule has 1 unspecified atom stereocenters. The summed E-state index contributed by atoms with van der Waals surface area (Å²) in [4.78, 5) is 10.9. The fraction of sp³-hybridized carbons (Fsp3) is 0.364. The number of ether oxygens (including phenoxy) is 1. The molecular weight excluding hydrogens is 279 g/mol. The summed E-state index contributed by atoms with van der Waals surface area (Å²) in [5, 5.41) is 0.739. The zero-order valence-corrected chi connectivity index (χ0v) is 10.9. The Bertz CT molecular complexity index is 366. The highest BCUT2D eigenvalue weighted by Crippen LogP contribution is 2.19. The van der Waals surface area contributed by atoms with Crippen LogP contribution in [-0.4, -0.2) is 17.9 Å². The van der Waals surface area contributed by atoms with Gasteiger partial charge >= 0.3 is 5.97 Å². The van der Waals surface area contributed by atoms with Crippen LogP contribution in [0.25, 0.3) is 0 Å². The second-order valence-corrected chi connectivity index (χ2v) is 4.79. The Hall–Kier alpha value is -0.540. The first-order valence-corrected chi connectivity index (χ1v) is 5.81. The molecule has 0 saturated heterocycles. The zero-order chi connectivity index (χ0) is 11.4. The average Bonchev–Trinajstić information content (AvgIpc) is 2.22. The number of hydrogen-bond acceptors (Lipinski definition) is 2. The van der Waals surface area contributed by atoms with Gasteiger partial charge in [-0.05, 0) is 30.5 Å². The van der Waals surface area contributed by atoms with Crippen LogP contribution in [-0.2, 0) is 16.0 Å². The molecule has 4 heteroatoms. The molecule has 1 atom stereocenters. The summed E-state index contributed by atoms with van der Waals surface area (Å²) in [6.45, 7) is 1.94. The van der Waals surface area contributed by atoms with Gasteiger partial charge in [-0.3, -0.25) is 4.79 Å². The molecule has 0 bridgehead atoms. The standard InChI is InChI=1S/C11H12BrClO2/c1-7-5-8(3-4-10(7)13)6-9(12)11(14)15-2/h3-5,9H,6H2,1-2H3. The van der Waals surface area contributed by atoms with E-state index in [9.17, 15) is 4.79 Å². The van der Waals surface area contributed by atoms with Crippen LogP contribution in [0.3, 0.4) is 0 Å². The lowest BCUT2D eigenvalue weighted by Crippen LogP contribution is -2.18. The zero-order valence-electron chi connectivity index (χ0n) is 8.59. The Balaban J connectivity index is 2.73. The Morgan fingerprint density at radius 2 is 2.27 bits per heavy atom. The van der Waals surface area contributed by atoms with Gasteiger partial charge in [-0.1, -0.05) is 39.7 Å². The summed E-state index contributed by atoms with van der Waals surface area (Å²) in [6.07, 6.45) is 0.602. The van der Waals surface area contributed by atoms with Gasteiger partial charge in [-0.25, -0.2) is 0 Å². The molecule has 0 aromatic heterocycles. The van der Waals surface area contributed by atoms with Gasteiger partial charge in [0.1, 0.15) is 4.83 Å². The van der Waals surface area contributed by atoms with E-state index in [1.54, 1.807) is 0 Å². The number of benzene rings is 1. The average molecular weight is 292 g/mol. The van der Waals surface area contributed by atoms with Crippen molar-refractivity contribution in [1.29, 1.82) is 0 Å². The normalized spacial score (nSPS) is 12.3. The Morgan fingerprint density at radius 1 is 1.60 bits per heavy atom. The van der Waals surface area contributed by atoms with Crippen molar-refractivity contribution in [2.45, 2.75) is 18.2 Å². The summed E-state index contributed by atoms with van der Waals surface area (Å²) in [6, 6.07) is 5.72. The number of halogens is 2. The number of aryl methyl sites for hydroxylation is 1. The lowest BCUT2D eigenvalue weighted by atomic mass is 10.1. The second-order valence-electron chi connectivity index (χ2n) is 3.28. The fourth-order valence-electron chi connectivity index (χ4n) is 1.25. The number of carbonyl (C=O) groups is 1. The van der Waals surface area contributed by atoms with E-state index in [1.165, 1.54) is 7.11 Å². The third kappa shape index (κ3) is 3.50. The van der Waals surface area contributed by atoms with E-state index in [1.807, 2.05) is 25.1 Å². The first kappa shape index (κ1) is 12.5. The van der Waals surface area contributed by atoms with Crippen LogP contribution in [0.5, 0.6) is 0 Å². The van der Waals surface area contributed by atoms with Crippen molar-refractivity contribution in [2.24, 2.45) is 0 Å². The lowest BCUT2D eigenvalue weighted by Gasteiger charge is -2.08. The van der Waals surface area contributed by atoms with Crippen LogP contribution in [0.2, 0.25) is 5.02 Å². The van der Waals surface area contributed by atoms with Gasteiger partial charge < -0.3 is 4.74 Å². The highest BCUT2D eigenvalue weighted by atomic mass is 79.9. The molecular formula is C11H12BrClO2. The van der Waals surface area contributed by atoms with Gasteiger partial charge in [0, 0.05) is 5.02 Å². The topological polar surface area (TPSA) is 26.3 Å². The minimum atomic E-state index is -0.303. The minimum absolute atomic E-state index is 0.261. The van der Waals surface area contributed by atoms with Crippen LogP contribution in [0.4, 0.5) is 0 Å². The van der Waals surface area contributed by atoms with Crippen LogP contribution in [0.1, 0.15) is 11.1 Å². The maximum atomic E-state index is 11.2. The molecule has 1 aromatic rings. The molecule has 0 saturated carbocycles. The molecule has 1 aromatic carbocycles. The summed E-state index contributed by atoms with van der Waals surface area (Å²) in [7, 11) is 1.38. The van der Waals surface area contributed by atoms with Crippen LogP contribution < -0.4 is 0 Å². The molecule has 0 heterocycles. The number of esters is 1. The first-order chi connectivity index (χ1) is 7.04. The monoisotopic (exact) mass is 290 g/mol. The van der Waals surface area contributed by atoms with Crippen molar-refractivity contribution >= 4 is 33.5 Å². The van der Waals surface area contributed by atoms with Crippen LogP contribution >= 0.6 is 27.5 Å². The van der Waals surface area contributed by atoms with E-state index in [2.05, 4.69) is 20.7 Å². The number of methoxy groups -OCH3 is 1. The number of carbonyl (C=O) groups excluding carboxylic acids is 1. The maximum absolute atomic E-state index is 11.2. The van der Waals surface area contributed by atoms with Gasteiger partial charge in [-0.2, -0.15) is 0 Å². The highest BCUT2D eigenvalue weighted by molar-refractivity contribution is 9.10. The minimum Gasteiger partial charge on any atom is -0.468 e. The molecule has 1 rings (SSSR count). The molecule has 0 radical (unpaired) electrons. The van der Waals surface area contributed by atoms with Crippen molar-refractivity contribution in [3.63, 3.8) is 0 Å². The van der Waals surface area contributed by atoms with E-state index in [0.29, 0.717) is 6.42 Å². The molecule has 0 aliphatic carbocycles. The predicted octanol–water partition coefficient (Wildman–Crippen LogP) is 3.13. The van der Waals surface area contributed by atoms with E-state index in [4.69, 9.17) is 11.6 Å². The van der Waals surface area contributed by atoms with Crippen molar-refractivity contribution in [2.75, 3.05) is 7.11 Å². The van der Waals surface area contributed by atoms with Gasteiger partial charge in [-0.15, -0.1) is 0 Å². The summed E-state index contributed by atoms with van der Waals surface area (Å²) >= 11 is 9.18. The summed E-state index contributed by atoms with van der Waals surface area (Å²) in [5.41, 5.74) is 2.07. The van der Waals surface area contributed by atoms with E-state index in [-0.39, 0.29) is 10.8 Å². The van der Waals surface area contributed by atoms with Gasteiger partial charge in [0.15, 0.2) is 0 Å². The number of hydrogen-bond donors (Lipinski definition) is 0. The first-order valence-electron chi connectivity index (χ1n) is 4.51. The number of rotatable bonds is 3. The smallest absolute Gasteiger partial charge is 0.319 e. The molecule has 0 aliphatic rings. The van der Waals surface area contributed by atoms with Gasteiger partial charge in [0.25, 0.3) is 0 Å². The van der Waals surface area contributed by atoms with E-state index >= 15 is 0 Å². The van der Waals surface area contributed by atoms with Crippen molar-refractivity contribution < 1.29 is 9.53 Å². The van der Waals surface area contributed by atoms with Gasteiger partial charge in [0.05, 0.1) is 7.11 Å². The van der Waals surface area contributed by atoms with Crippen LogP contribution in [0.15, 0.2) is 18.2 Å². The summed E-state index contributed by atoms with van der Waals surface area (Å²) in [5.74, 6) is -0.261. The predicted molar refractivity (Wildman–Crippen MR) is 64.6 cm³/mol. The highest BCUT2D eigenvalue weighted by Gasteiger charge is 2.15. The molecule has 0 spiro atoms. The molecule has 0 N–H and O–H groups in total. The molecule has 0 fully saturated rings. The van der Waals surface area contributed by atoms with Crippen molar-refractivity contribution in [3.05, 3.63) is 34.3 Å². The summed E-state index contributed by atoms with van der Waals surface area (Å²) < 4.78 is 4.63. The molecule has 15 heavy (non-hydrogen) atoms. The van der Waals surface area contributed by atoms with E-state index in [0.717, 1.165) is 16.1 Å². The second kappa shape index (κ2) is 5.52. The third-order valence-corrected chi connectivity index (χ3v) is 3.22. The SMILES string of the molecule is COC(=O)C(Br)Cc1ccc(Cl)c(C)c1. The Kier molecular flexibility index (Phi) is 4.61. The van der Waals surface area contributed by atoms with E-state index < -0.39 is 0 Å². The number of alkyl halides is 1. The Labute approximate surface area is 103 Å². The van der Waals surface area contributed by atoms with Crippen molar-refractivity contribution in [1.82, 2.24) is 0 Å². The van der Waals surface area contributed by atoms with Crippen molar-refractivity contribution in [3.8, 4) is 0 Å². The largest absolute Gasteiger partial charge is 0.468 e. The molecule has 2 nitrogen and oxygen atoms in total. The quantitative estimate of drug-likeness (QED) is 0.632. The molecule has 0 amide bonds. The van der Waals surface area contributed by atoms with Crippen LogP contribution in [0, 0.1) is 6.92 Å². The third-order valence-electron chi connectivity index (χ3n) is 2.09. The molecule has 82 valence electrons. The van der Waals surface area contributed by atoms with Gasteiger partial charge in [0.2, 0.25) is 0 Å².